The number of carbonyl (C=O) groups is 1. The van der Waals surface area contributed by atoms with Gasteiger partial charge in [0.1, 0.15) is 23.0 Å². The van der Waals surface area contributed by atoms with Gasteiger partial charge in [0.2, 0.25) is 11.9 Å². The maximum absolute atomic E-state index is 13.8. The van der Waals surface area contributed by atoms with E-state index in [-0.39, 0.29) is 5.69 Å². The number of amides is 1. The lowest BCUT2D eigenvalue weighted by Gasteiger charge is -2.34. The molecule has 1 N–H and O–H groups in total. The number of halogens is 2. The molecule has 0 atom stereocenters. The van der Waals surface area contributed by atoms with Crippen molar-refractivity contribution in [2.24, 2.45) is 0 Å². The highest BCUT2D eigenvalue weighted by molar-refractivity contribution is 6.03. The SMILES string of the molecule is O=C(Nc1c(F)cccc1F)c1ccnc(N2CCN(c3ncccn3)CC2)n1. The summed E-state index contributed by atoms with van der Waals surface area (Å²) in [6, 6.07) is 6.52. The highest BCUT2D eigenvalue weighted by Gasteiger charge is 2.22. The summed E-state index contributed by atoms with van der Waals surface area (Å²) >= 11 is 0. The smallest absolute Gasteiger partial charge is 0.274 e. The fraction of sp³-hybridized carbons (Fsp3) is 0.211. The van der Waals surface area contributed by atoms with Crippen LogP contribution in [-0.4, -0.2) is 52.0 Å². The van der Waals surface area contributed by atoms with E-state index >= 15 is 0 Å². The summed E-state index contributed by atoms with van der Waals surface area (Å²) in [6.45, 7) is 2.57. The number of anilines is 3. The molecular formula is C19H17F2N7O. The van der Waals surface area contributed by atoms with Gasteiger partial charge in [0.05, 0.1) is 0 Å². The van der Waals surface area contributed by atoms with Crippen molar-refractivity contribution in [3.8, 4) is 0 Å². The Kier molecular flexibility index (Phi) is 5.23. The van der Waals surface area contributed by atoms with E-state index in [0.29, 0.717) is 38.1 Å². The maximum Gasteiger partial charge on any atom is 0.274 e. The molecule has 0 unspecified atom stereocenters. The molecule has 148 valence electrons. The summed E-state index contributed by atoms with van der Waals surface area (Å²) in [5, 5.41) is 2.23. The van der Waals surface area contributed by atoms with Gasteiger partial charge in [0.15, 0.2) is 0 Å². The van der Waals surface area contributed by atoms with Gasteiger partial charge in [-0.1, -0.05) is 6.07 Å². The van der Waals surface area contributed by atoms with Crippen molar-refractivity contribution in [2.75, 3.05) is 41.3 Å². The van der Waals surface area contributed by atoms with Crippen LogP contribution in [0, 0.1) is 11.6 Å². The Hall–Kier alpha value is -3.69. The minimum absolute atomic E-state index is 0.0199. The first kappa shape index (κ1) is 18.7. The summed E-state index contributed by atoms with van der Waals surface area (Å²) in [5.74, 6) is -1.39. The van der Waals surface area contributed by atoms with Gasteiger partial charge in [-0.25, -0.2) is 28.7 Å². The normalized spacial score (nSPS) is 14.0. The van der Waals surface area contributed by atoms with Crippen LogP contribution in [0.25, 0.3) is 0 Å². The van der Waals surface area contributed by atoms with Crippen LogP contribution >= 0.6 is 0 Å². The Balaban J connectivity index is 1.44. The van der Waals surface area contributed by atoms with Crippen molar-refractivity contribution >= 4 is 23.5 Å². The summed E-state index contributed by atoms with van der Waals surface area (Å²) in [7, 11) is 0. The Morgan fingerprint density at radius 1 is 0.828 bits per heavy atom. The Morgan fingerprint density at radius 3 is 2.07 bits per heavy atom. The molecule has 8 nitrogen and oxygen atoms in total. The van der Waals surface area contributed by atoms with E-state index in [1.54, 1.807) is 18.5 Å². The van der Waals surface area contributed by atoms with Crippen LogP contribution in [0.3, 0.4) is 0 Å². The van der Waals surface area contributed by atoms with Crippen molar-refractivity contribution in [1.82, 2.24) is 19.9 Å². The molecule has 1 fully saturated rings. The van der Waals surface area contributed by atoms with Gasteiger partial charge in [0.25, 0.3) is 5.91 Å². The largest absolute Gasteiger partial charge is 0.337 e. The van der Waals surface area contributed by atoms with E-state index in [1.165, 1.54) is 18.3 Å². The number of hydrogen-bond acceptors (Lipinski definition) is 7. The number of nitrogens with zero attached hydrogens (tertiary/aromatic N) is 6. The molecule has 4 rings (SSSR count). The lowest BCUT2D eigenvalue weighted by atomic mass is 10.2. The van der Waals surface area contributed by atoms with Gasteiger partial charge >= 0.3 is 0 Å². The summed E-state index contributed by atoms with van der Waals surface area (Å²) < 4.78 is 27.5. The number of carbonyl (C=O) groups excluding carboxylic acids is 1. The fourth-order valence-corrected chi connectivity index (χ4v) is 2.98. The molecule has 0 aliphatic carbocycles. The van der Waals surface area contributed by atoms with E-state index in [4.69, 9.17) is 0 Å². The average Bonchev–Trinajstić information content (AvgIpc) is 2.77. The molecule has 0 saturated carbocycles. The third-order valence-corrected chi connectivity index (χ3v) is 4.47. The van der Waals surface area contributed by atoms with E-state index in [9.17, 15) is 13.6 Å². The molecule has 29 heavy (non-hydrogen) atoms. The van der Waals surface area contributed by atoms with Crippen molar-refractivity contribution < 1.29 is 13.6 Å². The summed E-state index contributed by atoms with van der Waals surface area (Å²) in [6.07, 6.45) is 4.83. The number of aromatic nitrogens is 4. The van der Waals surface area contributed by atoms with Crippen LogP contribution in [0.4, 0.5) is 26.4 Å². The van der Waals surface area contributed by atoms with Crippen molar-refractivity contribution in [1.29, 1.82) is 0 Å². The molecule has 1 aromatic carbocycles. The fourth-order valence-electron chi connectivity index (χ4n) is 2.98. The zero-order valence-electron chi connectivity index (χ0n) is 15.3. The Morgan fingerprint density at radius 2 is 1.41 bits per heavy atom. The quantitative estimate of drug-likeness (QED) is 0.722. The van der Waals surface area contributed by atoms with Crippen molar-refractivity contribution in [2.45, 2.75) is 0 Å². The molecular weight excluding hydrogens is 380 g/mol. The molecule has 3 heterocycles. The van der Waals surface area contributed by atoms with Crippen LogP contribution in [0.1, 0.15) is 10.5 Å². The molecule has 0 bridgehead atoms. The number of piperazine rings is 1. The van der Waals surface area contributed by atoms with Gasteiger partial charge in [0, 0.05) is 44.8 Å². The first-order valence-electron chi connectivity index (χ1n) is 8.97. The maximum atomic E-state index is 13.8. The number of nitrogens with one attached hydrogen (secondary N) is 1. The van der Waals surface area contributed by atoms with E-state index in [0.717, 1.165) is 12.1 Å². The predicted molar refractivity (Wildman–Crippen MR) is 103 cm³/mol. The minimum atomic E-state index is -0.855. The third kappa shape index (κ3) is 4.10. The van der Waals surface area contributed by atoms with Crippen LogP contribution in [0.15, 0.2) is 48.9 Å². The number of para-hydroxylation sites is 1. The monoisotopic (exact) mass is 397 g/mol. The Labute approximate surface area is 165 Å². The molecule has 1 amide bonds. The summed E-state index contributed by atoms with van der Waals surface area (Å²) in [4.78, 5) is 33.4. The van der Waals surface area contributed by atoms with E-state index in [1.807, 2.05) is 9.80 Å². The van der Waals surface area contributed by atoms with Crippen LogP contribution in [0.5, 0.6) is 0 Å². The van der Waals surface area contributed by atoms with Crippen LogP contribution in [-0.2, 0) is 0 Å². The molecule has 2 aromatic heterocycles. The lowest BCUT2D eigenvalue weighted by Crippen LogP contribution is -2.47. The average molecular weight is 397 g/mol. The van der Waals surface area contributed by atoms with E-state index < -0.39 is 23.2 Å². The van der Waals surface area contributed by atoms with Crippen LogP contribution in [0.2, 0.25) is 0 Å². The number of hydrogen-bond donors (Lipinski definition) is 1. The molecule has 1 aliphatic rings. The zero-order valence-corrected chi connectivity index (χ0v) is 15.3. The first-order chi connectivity index (χ1) is 14.1. The van der Waals surface area contributed by atoms with E-state index in [2.05, 4.69) is 25.3 Å². The molecule has 1 saturated heterocycles. The van der Waals surface area contributed by atoms with Gasteiger partial charge in [-0.15, -0.1) is 0 Å². The highest BCUT2D eigenvalue weighted by atomic mass is 19.1. The van der Waals surface area contributed by atoms with Gasteiger partial charge < -0.3 is 15.1 Å². The zero-order chi connectivity index (χ0) is 20.2. The first-order valence-corrected chi connectivity index (χ1v) is 8.97. The second kappa shape index (κ2) is 8.13. The standard InChI is InChI=1S/C19H17F2N7O/c20-13-3-1-4-14(21)16(13)26-17(29)15-5-8-24-19(25-15)28-11-9-27(10-12-28)18-22-6-2-7-23-18/h1-8H,9-12H2,(H,26,29). The number of rotatable bonds is 4. The van der Waals surface area contributed by atoms with Gasteiger partial charge in [-0.05, 0) is 24.3 Å². The molecule has 0 radical (unpaired) electrons. The van der Waals surface area contributed by atoms with Crippen LogP contribution < -0.4 is 15.1 Å². The second-order valence-corrected chi connectivity index (χ2v) is 6.32. The van der Waals surface area contributed by atoms with Crippen molar-refractivity contribution in [3.63, 3.8) is 0 Å². The second-order valence-electron chi connectivity index (χ2n) is 6.32. The van der Waals surface area contributed by atoms with Crippen molar-refractivity contribution in [3.05, 3.63) is 66.3 Å². The predicted octanol–water partition coefficient (Wildman–Crippen LogP) is 2.12. The highest BCUT2D eigenvalue weighted by Crippen LogP contribution is 2.19. The topological polar surface area (TPSA) is 87.1 Å². The van der Waals surface area contributed by atoms with Gasteiger partial charge in [-0.2, -0.15) is 0 Å². The number of benzene rings is 1. The lowest BCUT2D eigenvalue weighted by molar-refractivity contribution is 0.102. The molecule has 3 aromatic rings. The minimum Gasteiger partial charge on any atom is -0.337 e. The summed E-state index contributed by atoms with van der Waals surface area (Å²) in [5.41, 5.74) is -0.486. The van der Waals surface area contributed by atoms with Gasteiger partial charge in [-0.3, -0.25) is 4.79 Å². The Bertz CT molecular complexity index is 990. The third-order valence-electron chi connectivity index (χ3n) is 4.47. The molecule has 10 heteroatoms. The molecule has 0 spiro atoms. The molecule has 1 aliphatic heterocycles.